The molecule has 0 aromatic carbocycles. The smallest absolute Gasteiger partial charge is 0.220 e. The van der Waals surface area contributed by atoms with Crippen LogP contribution in [0, 0.1) is 5.92 Å². The second-order valence-electron chi connectivity index (χ2n) is 3.93. The molecule has 0 atom stereocenters. The first-order valence-electron chi connectivity index (χ1n) is 5.14. The molecule has 0 unspecified atom stereocenters. The molecule has 5 heteroatoms. The van der Waals surface area contributed by atoms with Crippen LogP contribution in [0.15, 0.2) is 17.1 Å². The number of nitrogens with two attached hydrogens (primary N) is 1. The standard InChI is InChI=1S/C10H15N3O2/c11-10(14)8-1-3-13(4-2-8)5-9-6-15-7-12-9/h6-8H,1-5H2,(H2,11,14). The van der Waals surface area contributed by atoms with Gasteiger partial charge in [0.15, 0.2) is 6.39 Å². The van der Waals surface area contributed by atoms with Gasteiger partial charge in [-0.2, -0.15) is 0 Å². The molecule has 0 saturated carbocycles. The van der Waals surface area contributed by atoms with Crippen molar-refractivity contribution in [3.8, 4) is 0 Å². The van der Waals surface area contributed by atoms with Gasteiger partial charge in [0.1, 0.15) is 6.26 Å². The van der Waals surface area contributed by atoms with Crippen LogP contribution in [0.1, 0.15) is 18.5 Å². The summed E-state index contributed by atoms with van der Waals surface area (Å²) in [7, 11) is 0. The Labute approximate surface area is 88.3 Å². The zero-order valence-electron chi connectivity index (χ0n) is 8.56. The SMILES string of the molecule is NC(=O)C1CCN(Cc2cocn2)CC1. The topological polar surface area (TPSA) is 72.4 Å². The molecule has 1 aromatic rings. The predicted octanol–water partition coefficient (Wildman–Crippen LogP) is 0.372. The van der Waals surface area contributed by atoms with Crippen molar-refractivity contribution in [3.05, 3.63) is 18.4 Å². The monoisotopic (exact) mass is 209 g/mol. The molecule has 5 nitrogen and oxygen atoms in total. The number of aromatic nitrogens is 1. The van der Waals surface area contributed by atoms with Gasteiger partial charge in [0.25, 0.3) is 0 Å². The van der Waals surface area contributed by atoms with Crippen LogP contribution in [0.5, 0.6) is 0 Å². The lowest BCUT2D eigenvalue weighted by atomic mass is 9.96. The fourth-order valence-corrected chi connectivity index (χ4v) is 1.92. The second kappa shape index (κ2) is 4.44. The van der Waals surface area contributed by atoms with Crippen molar-refractivity contribution in [3.63, 3.8) is 0 Å². The molecular formula is C10H15N3O2. The minimum atomic E-state index is -0.170. The highest BCUT2D eigenvalue weighted by Crippen LogP contribution is 2.17. The fourth-order valence-electron chi connectivity index (χ4n) is 1.92. The van der Waals surface area contributed by atoms with E-state index in [1.54, 1.807) is 6.26 Å². The number of likely N-dealkylation sites (tertiary alicyclic amines) is 1. The van der Waals surface area contributed by atoms with Crippen LogP contribution in [0.3, 0.4) is 0 Å². The van der Waals surface area contributed by atoms with Crippen LogP contribution in [-0.4, -0.2) is 28.9 Å². The van der Waals surface area contributed by atoms with Gasteiger partial charge in [-0.1, -0.05) is 0 Å². The maximum Gasteiger partial charge on any atom is 0.220 e. The van der Waals surface area contributed by atoms with Crippen molar-refractivity contribution < 1.29 is 9.21 Å². The summed E-state index contributed by atoms with van der Waals surface area (Å²) >= 11 is 0. The summed E-state index contributed by atoms with van der Waals surface area (Å²) in [5, 5.41) is 0. The second-order valence-corrected chi connectivity index (χ2v) is 3.93. The van der Waals surface area contributed by atoms with Crippen molar-refractivity contribution >= 4 is 5.91 Å². The van der Waals surface area contributed by atoms with E-state index in [0.29, 0.717) is 0 Å². The summed E-state index contributed by atoms with van der Waals surface area (Å²) in [6.07, 6.45) is 4.80. The van der Waals surface area contributed by atoms with Crippen molar-refractivity contribution in [2.75, 3.05) is 13.1 Å². The summed E-state index contributed by atoms with van der Waals surface area (Å²) in [4.78, 5) is 17.3. The van der Waals surface area contributed by atoms with Crippen LogP contribution in [0.2, 0.25) is 0 Å². The Balaban J connectivity index is 1.81. The average molecular weight is 209 g/mol. The molecule has 2 heterocycles. The van der Waals surface area contributed by atoms with Crippen LogP contribution < -0.4 is 5.73 Å². The molecule has 1 aromatic heterocycles. The Morgan fingerprint density at radius 1 is 1.60 bits per heavy atom. The number of carbonyl (C=O) groups excluding carboxylic acids is 1. The lowest BCUT2D eigenvalue weighted by Gasteiger charge is -2.29. The van der Waals surface area contributed by atoms with E-state index in [1.165, 1.54) is 6.39 Å². The highest BCUT2D eigenvalue weighted by Gasteiger charge is 2.23. The zero-order chi connectivity index (χ0) is 10.7. The van der Waals surface area contributed by atoms with Gasteiger partial charge in [-0.05, 0) is 25.9 Å². The van der Waals surface area contributed by atoms with Crippen LogP contribution in [0.25, 0.3) is 0 Å². The largest absolute Gasteiger partial charge is 0.451 e. The van der Waals surface area contributed by atoms with E-state index < -0.39 is 0 Å². The van der Waals surface area contributed by atoms with Crippen molar-refractivity contribution in [1.29, 1.82) is 0 Å². The van der Waals surface area contributed by atoms with Gasteiger partial charge in [0, 0.05) is 12.5 Å². The number of piperidine rings is 1. The molecule has 1 aliphatic heterocycles. The van der Waals surface area contributed by atoms with E-state index >= 15 is 0 Å². The van der Waals surface area contributed by atoms with E-state index in [1.807, 2.05) is 0 Å². The molecule has 1 aliphatic rings. The Morgan fingerprint density at radius 2 is 2.33 bits per heavy atom. The van der Waals surface area contributed by atoms with Gasteiger partial charge < -0.3 is 10.2 Å². The van der Waals surface area contributed by atoms with Crippen molar-refractivity contribution in [1.82, 2.24) is 9.88 Å². The number of primary amides is 1. The molecule has 1 amide bonds. The van der Waals surface area contributed by atoms with E-state index in [2.05, 4.69) is 9.88 Å². The number of nitrogens with zero attached hydrogens (tertiary/aromatic N) is 2. The van der Waals surface area contributed by atoms with Gasteiger partial charge in [-0.25, -0.2) is 4.98 Å². The first-order chi connectivity index (χ1) is 7.25. The number of oxazole rings is 1. The Bertz CT molecular complexity index is 315. The molecule has 2 N–H and O–H groups in total. The molecule has 82 valence electrons. The third kappa shape index (κ3) is 2.56. The quantitative estimate of drug-likeness (QED) is 0.780. The predicted molar refractivity (Wildman–Crippen MR) is 53.7 cm³/mol. The maximum absolute atomic E-state index is 11.0. The molecule has 15 heavy (non-hydrogen) atoms. The van der Waals surface area contributed by atoms with Gasteiger partial charge in [-0.15, -0.1) is 0 Å². The molecule has 0 spiro atoms. The molecule has 1 saturated heterocycles. The van der Waals surface area contributed by atoms with Crippen LogP contribution >= 0.6 is 0 Å². The van der Waals surface area contributed by atoms with Gasteiger partial charge in [0.05, 0.1) is 5.69 Å². The Morgan fingerprint density at radius 3 is 2.87 bits per heavy atom. The normalized spacial score (nSPS) is 19.2. The first kappa shape index (κ1) is 10.2. The van der Waals surface area contributed by atoms with E-state index in [-0.39, 0.29) is 11.8 Å². The summed E-state index contributed by atoms with van der Waals surface area (Å²) in [6.45, 7) is 2.60. The lowest BCUT2D eigenvalue weighted by Crippen LogP contribution is -2.38. The zero-order valence-corrected chi connectivity index (χ0v) is 8.56. The number of rotatable bonds is 3. The van der Waals surface area contributed by atoms with E-state index in [0.717, 1.165) is 38.2 Å². The van der Waals surface area contributed by atoms with Gasteiger partial charge >= 0.3 is 0 Å². The number of hydrogen-bond donors (Lipinski definition) is 1. The van der Waals surface area contributed by atoms with Gasteiger partial charge in [-0.3, -0.25) is 9.69 Å². The molecule has 1 fully saturated rings. The summed E-state index contributed by atoms with van der Waals surface area (Å²) in [6, 6.07) is 0. The highest BCUT2D eigenvalue weighted by molar-refractivity contribution is 5.76. The van der Waals surface area contributed by atoms with Crippen LogP contribution in [-0.2, 0) is 11.3 Å². The minimum absolute atomic E-state index is 0.0542. The minimum Gasteiger partial charge on any atom is -0.451 e. The number of carbonyl (C=O) groups is 1. The third-order valence-corrected chi connectivity index (χ3v) is 2.86. The Kier molecular flexibility index (Phi) is 3.01. The Hall–Kier alpha value is -1.36. The third-order valence-electron chi connectivity index (χ3n) is 2.86. The highest BCUT2D eigenvalue weighted by atomic mass is 16.3. The summed E-state index contributed by atoms with van der Waals surface area (Å²) < 4.78 is 4.90. The van der Waals surface area contributed by atoms with E-state index in [4.69, 9.17) is 10.2 Å². The van der Waals surface area contributed by atoms with Crippen molar-refractivity contribution in [2.45, 2.75) is 19.4 Å². The fraction of sp³-hybridized carbons (Fsp3) is 0.600. The van der Waals surface area contributed by atoms with Gasteiger partial charge in [0.2, 0.25) is 5.91 Å². The molecular weight excluding hydrogens is 194 g/mol. The molecule has 0 bridgehead atoms. The number of hydrogen-bond acceptors (Lipinski definition) is 4. The molecule has 2 rings (SSSR count). The first-order valence-corrected chi connectivity index (χ1v) is 5.14. The van der Waals surface area contributed by atoms with E-state index in [9.17, 15) is 4.79 Å². The molecule has 0 radical (unpaired) electrons. The maximum atomic E-state index is 11.0. The molecule has 0 aliphatic carbocycles. The summed E-state index contributed by atoms with van der Waals surface area (Å²) in [5.41, 5.74) is 6.20. The number of amides is 1. The lowest BCUT2D eigenvalue weighted by molar-refractivity contribution is -0.123. The van der Waals surface area contributed by atoms with Crippen LogP contribution in [0.4, 0.5) is 0 Å². The van der Waals surface area contributed by atoms with Crippen molar-refractivity contribution in [2.24, 2.45) is 11.7 Å². The average Bonchev–Trinajstić information content (AvgIpc) is 2.71. The summed E-state index contributed by atoms with van der Waals surface area (Å²) in [5.74, 6) is -0.116.